The molecule has 1 amide bonds. The normalized spacial score (nSPS) is 15.8. The van der Waals surface area contributed by atoms with Gasteiger partial charge in [-0.05, 0) is 42.7 Å². The number of carbonyl (C=O) groups excluding carboxylic acids is 1. The first-order valence-corrected chi connectivity index (χ1v) is 10.0. The molecule has 1 N–H and O–H groups in total. The number of hydrogen-bond acceptors (Lipinski definition) is 4. The highest BCUT2D eigenvalue weighted by molar-refractivity contribution is 7.88. The summed E-state index contributed by atoms with van der Waals surface area (Å²) in [5.41, 5.74) is 1.18. The number of benzene rings is 1. The van der Waals surface area contributed by atoms with Crippen molar-refractivity contribution in [1.82, 2.24) is 9.62 Å². The minimum absolute atomic E-state index is 0.0265. The molecule has 1 fully saturated rings. The fraction of sp³-hybridized carbons (Fsp3) is 0.389. The van der Waals surface area contributed by atoms with Crippen LogP contribution in [0.5, 0.6) is 0 Å². The molecule has 1 aromatic carbocycles. The second-order valence-corrected chi connectivity index (χ2v) is 8.14. The van der Waals surface area contributed by atoms with Gasteiger partial charge in [-0.1, -0.05) is 18.6 Å². The van der Waals surface area contributed by atoms with Gasteiger partial charge in [0.2, 0.25) is 10.0 Å². The van der Waals surface area contributed by atoms with Crippen molar-refractivity contribution in [2.45, 2.75) is 31.6 Å². The van der Waals surface area contributed by atoms with Crippen molar-refractivity contribution in [2.24, 2.45) is 0 Å². The first-order chi connectivity index (χ1) is 12.0. The molecule has 0 spiro atoms. The number of piperidine rings is 1. The van der Waals surface area contributed by atoms with Crippen LogP contribution in [0.2, 0.25) is 0 Å². The zero-order valence-electron chi connectivity index (χ0n) is 14.0. The van der Waals surface area contributed by atoms with E-state index in [1.54, 1.807) is 47.0 Å². The van der Waals surface area contributed by atoms with E-state index in [4.69, 9.17) is 4.42 Å². The SMILES string of the molecule is O=C(NCc1ccco1)c1ccc(CS(=O)(=O)N2CCCCC2)cc1. The van der Waals surface area contributed by atoms with Crippen molar-refractivity contribution in [2.75, 3.05) is 13.1 Å². The van der Waals surface area contributed by atoms with E-state index >= 15 is 0 Å². The summed E-state index contributed by atoms with van der Waals surface area (Å²) in [6.07, 6.45) is 4.49. The Kier molecular flexibility index (Phi) is 5.55. The smallest absolute Gasteiger partial charge is 0.251 e. The topological polar surface area (TPSA) is 79.6 Å². The lowest BCUT2D eigenvalue weighted by atomic mass is 10.1. The number of rotatable bonds is 6. The van der Waals surface area contributed by atoms with Crippen LogP contribution < -0.4 is 5.32 Å². The third kappa shape index (κ3) is 4.70. The first-order valence-electron chi connectivity index (χ1n) is 8.42. The summed E-state index contributed by atoms with van der Waals surface area (Å²) in [5.74, 6) is 0.431. The fourth-order valence-corrected chi connectivity index (χ4v) is 4.49. The zero-order chi connectivity index (χ0) is 17.7. The molecular weight excluding hydrogens is 340 g/mol. The number of amides is 1. The predicted molar refractivity (Wildman–Crippen MR) is 94.4 cm³/mol. The van der Waals surface area contributed by atoms with Crippen molar-refractivity contribution in [3.63, 3.8) is 0 Å². The Morgan fingerprint density at radius 1 is 1.08 bits per heavy atom. The largest absolute Gasteiger partial charge is 0.467 e. The van der Waals surface area contributed by atoms with Gasteiger partial charge in [-0.2, -0.15) is 0 Å². The van der Waals surface area contributed by atoms with Crippen LogP contribution in [-0.2, 0) is 22.3 Å². The lowest BCUT2D eigenvalue weighted by Gasteiger charge is -2.25. The van der Waals surface area contributed by atoms with E-state index in [0.29, 0.717) is 36.5 Å². The summed E-state index contributed by atoms with van der Waals surface area (Å²) in [5, 5.41) is 2.76. The Morgan fingerprint density at radius 2 is 1.80 bits per heavy atom. The van der Waals surface area contributed by atoms with Crippen molar-refractivity contribution in [1.29, 1.82) is 0 Å². The van der Waals surface area contributed by atoms with Crippen LogP contribution >= 0.6 is 0 Å². The van der Waals surface area contributed by atoms with Crippen LogP contribution in [-0.4, -0.2) is 31.7 Å². The number of hydrogen-bond donors (Lipinski definition) is 1. The van der Waals surface area contributed by atoms with Gasteiger partial charge in [0, 0.05) is 18.7 Å². The molecule has 25 heavy (non-hydrogen) atoms. The molecule has 0 bridgehead atoms. The van der Waals surface area contributed by atoms with Crippen molar-refractivity contribution in [3.05, 3.63) is 59.5 Å². The van der Waals surface area contributed by atoms with Gasteiger partial charge in [-0.3, -0.25) is 4.79 Å². The van der Waals surface area contributed by atoms with Crippen LogP contribution in [0.3, 0.4) is 0 Å². The molecule has 1 saturated heterocycles. The second-order valence-electron chi connectivity index (χ2n) is 6.17. The van der Waals surface area contributed by atoms with Gasteiger partial charge in [0.25, 0.3) is 5.91 Å². The van der Waals surface area contributed by atoms with Gasteiger partial charge in [0.15, 0.2) is 0 Å². The Bertz CT molecular complexity index is 792. The lowest BCUT2D eigenvalue weighted by Crippen LogP contribution is -2.36. The molecule has 2 aromatic rings. The van der Waals surface area contributed by atoms with Crippen LogP contribution in [0, 0.1) is 0 Å². The monoisotopic (exact) mass is 362 g/mol. The van der Waals surface area contributed by atoms with Crippen LogP contribution in [0.15, 0.2) is 47.1 Å². The molecule has 1 aromatic heterocycles. The molecule has 2 heterocycles. The molecule has 0 aliphatic carbocycles. The standard InChI is InChI=1S/C18H22N2O4S/c21-18(19-13-17-5-4-12-24-17)16-8-6-15(7-9-16)14-25(22,23)20-10-2-1-3-11-20/h4-9,12H,1-3,10-11,13-14H2,(H,19,21). The van der Waals surface area contributed by atoms with Crippen molar-refractivity contribution in [3.8, 4) is 0 Å². The third-order valence-corrected chi connectivity index (χ3v) is 6.13. The molecular formula is C18H22N2O4S. The van der Waals surface area contributed by atoms with E-state index in [1.807, 2.05) is 0 Å². The Hall–Kier alpha value is -2.12. The summed E-state index contributed by atoms with van der Waals surface area (Å²) >= 11 is 0. The third-order valence-electron chi connectivity index (χ3n) is 4.28. The number of nitrogens with zero attached hydrogens (tertiary/aromatic N) is 1. The summed E-state index contributed by atoms with van der Waals surface area (Å²) in [6.45, 7) is 1.53. The summed E-state index contributed by atoms with van der Waals surface area (Å²) in [7, 11) is -3.29. The molecule has 3 rings (SSSR count). The quantitative estimate of drug-likeness (QED) is 0.856. The van der Waals surface area contributed by atoms with Gasteiger partial charge in [-0.25, -0.2) is 12.7 Å². The molecule has 7 heteroatoms. The van der Waals surface area contributed by atoms with E-state index in [1.165, 1.54) is 0 Å². The van der Waals surface area contributed by atoms with Gasteiger partial charge in [0.1, 0.15) is 5.76 Å². The van der Waals surface area contributed by atoms with Crippen LogP contribution in [0.4, 0.5) is 0 Å². The van der Waals surface area contributed by atoms with Crippen LogP contribution in [0.1, 0.15) is 40.9 Å². The molecule has 0 atom stereocenters. The average Bonchev–Trinajstić information content (AvgIpc) is 3.14. The van der Waals surface area contributed by atoms with Gasteiger partial charge in [-0.15, -0.1) is 0 Å². The maximum Gasteiger partial charge on any atom is 0.251 e. The number of sulfonamides is 1. The summed E-state index contributed by atoms with van der Waals surface area (Å²) in [4.78, 5) is 12.1. The number of furan rings is 1. The highest BCUT2D eigenvalue weighted by Gasteiger charge is 2.24. The van der Waals surface area contributed by atoms with Crippen molar-refractivity contribution < 1.29 is 17.6 Å². The van der Waals surface area contributed by atoms with Gasteiger partial charge in [0.05, 0.1) is 18.6 Å². The number of carbonyl (C=O) groups is 1. The maximum atomic E-state index is 12.4. The highest BCUT2D eigenvalue weighted by atomic mass is 32.2. The molecule has 0 saturated carbocycles. The Morgan fingerprint density at radius 3 is 2.44 bits per heavy atom. The Balaban J connectivity index is 1.58. The average molecular weight is 362 g/mol. The predicted octanol–water partition coefficient (Wildman–Crippen LogP) is 2.53. The minimum Gasteiger partial charge on any atom is -0.467 e. The summed E-state index contributed by atoms with van der Waals surface area (Å²) < 4.78 is 31.6. The second kappa shape index (κ2) is 7.84. The van der Waals surface area contributed by atoms with E-state index in [2.05, 4.69) is 5.32 Å². The molecule has 0 radical (unpaired) electrons. The van der Waals surface area contributed by atoms with E-state index in [-0.39, 0.29) is 11.7 Å². The molecule has 6 nitrogen and oxygen atoms in total. The summed E-state index contributed by atoms with van der Waals surface area (Å²) in [6, 6.07) is 10.2. The molecule has 134 valence electrons. The first kappa shape index (κ1) is 17.7. The zero-order valence-corrected chi connectivity index (χ0v) is 14.8. The van der Waals surface area contributed by atoms with E-state index < -0.39 is 10.0 Å². The lowest BCUT2D eigenvalue weighted by molar-refractivity contribution is 0.0948. The van der Waals surface area contributed by atoms with Gasteiger partial charge < -0.3 is 9.73 Å². The van der Waals surface area contributed by atoms with E-state index in [9.17, 15) is 13.2 Å². The van der Waals surface area contributed by atoms with Crippen molar-refractivity contribution >= 4 is 15.9 Å². The maximum absolute atomic E-state index is 12.4. The Labute approximate surface area is 147 Å². The van der Waals surface area contributed by atoms with Gasteiger partial charge >= 0.3 is 0 Å². The molecule has 1 aliphatic rings. The fourth-order valence-electron chi connectivity index (χ4n) is 2.88. The highest BCUT2D eigenvalue weighted by Crippen LogP contribution is 2.17. The molecule has 0 unspecified atom stereocenters. The molecule has 1 aliphatic heterocycles. The minimum atomic E-state index is -3.29. The number of nitrogens with one attached hydrogen (secondary N) is 1. The van der Waals surface area contributed by atoms with E-state index in [0.717, 1.165) is 19.3 Å². The van der Waals surface area contributed by atoms with Crippen LogP contribution in [0.25, 0.3) is 0 Å².